The van der Waals surface area contributed by atoms with Crippen LogP contribution in [0, 0.1) is 0 Å². The van der Waals surface area contributed by atoms with E-state index in [0.29, 0.717) is 35.7 Å². The standard InChI is InChI=1S/C23H22N7O5P/c24-23-21(5-2-10-30(23)15-34-36(31,32)33)22-13-20(28-35-22)11-16-6-8-17(9-7-16)14-26-18-3-1-4-19(12-18)27-29-25/h1-10,12-13,24,26H,11,14-15H2,(H2,31,32,33). The molecule has 0 bridgehead atoms. The fourth-order valence-corrected chi connectivity index (χ4v) is 3.73. The molecule has 0 amide bonds. The average Bonchev–Trinajstić information content (AvgIpc) is 3.31. The van der Waals surface area contributed by atoms with Crippen molar-refractivity contribution in [1.82, 2.24) is 5.16 Å². The molecule has 2 aromatic heterocycles. The van der Waals surface area contributed by atoms with Gasteiger partial charge in [0.2, 0.25) is 0 Å². The third-order valence-electron chi connectivity index (χ3n) is 5.21. The van der Waals surface area contributed by atoms with E-state index in [0.717, 1.165) is 16.8 Å². The number of pyridine rings is 1. The molecule has 13 heteroatoms. The van der Waals surface area contributed by atoms with Crippen molar-refractivity contribution >= 4 is 25.0 Å². The van der Waals surface area contributed by atoms with E-state index in [1.165, 1.54) is 10.8 Å². The molecule has 184 valence electrons. The first-order chi connectivity index (χ1) is 17.3. The number of hydrogen-bond donors (Lipinski definition) is 3. The van der Waals surface area contributed by atoms with E-state index in [9.17, 15) is 9.46 Å². The van der Waals surface area contributed by atoms with Crippen LogP contribution >= 0.6 is 7.82 Å². The first-order valence-corrected chi connectivity index (χ1v) is 12.2. The first kappa shape index (κ1) is 24.9. The molecular weight excluding hydrogens is 485 g/mol. The molecular formula is C23H22N7O5P. The molecule has 0 fully saturated rings. The summed E-state index contributed by atoms with van der Waals surface area (Å²) >= 11 is 0. The summed E-state index contributed by atoms with van der Waals surface area (Å²) in [6.07, 6.45) is 2.05. The van der Waals surface area contributed by atoms with Gasteiger partial charge in [-0.3, -0.25) is 14.8 Å². The minimum absolute atomic E-state index is 0.190. The van der Waals surface area contributed by atoms with Crippen molar-refractivity contribution in [2.75, 3.05) is 11.1 Å². The van der Waals surface area contributed by atoms with Crippen molar-refractivity contribution in [3.8, 4) is 11.3 Å². The number of anilines is 2. The second kappa shape index (κ2) is 11.0. The van der Waals surface area contributed by atoms with Gasteiger partial charge in [-0.25, -0.2) is 4.57 Å². The highest BCUT2D eigenvalue weighted by atomic mass is 31.2. The largest absolute Gasteiger partial charge is 0.756 e. The Morgan fingerprint density at radius 3 is 2.72 bits per heavy atom. The number of nitrogens with two attached hydrogens (primary N) is 1. The van der Waals surface area contributed by atoms with E-state index in [-0.39, 0.29) is 5.82 Å². The van der Waals surface area contributed by atoms with E-state index in [4.69, 9.17) is 20.7 Å². The highest BCUT2D eigenvalue weighted by Crippen LogP contribution is 2.30. The SMILES string of the molecule is [N-]=[N+]=Nc1cccc(NCc2ccc(Cc3cc(-c4ccc[n+](COP(=O)([O-])O)c4N)on3)cc2)c1. The fourth-order valence-electron chi connectivity index (χ4n) is 3.46. The van der Waals surface area contributed by atoms with Gasteiger partial charge in [-0.2, -0.15) is 0 Å². The Labute approximate surface area is 205 Å². The molecule has 4 rings (SSSR count). The monoisotopic (exact) mass is 507 g/mol. The maximum atomic E-state index is 10.9. The number of aromatic nitrogens is 2. The van der Waals surface area contributed by atoms with Gasteiger partial charge in [0.05, 0.1) is 11.9 Å². The van der Waals surface area contributed by atoms with Crippen molar-refractivity contribution < 1.29 is 28.0 Å². The molecule has 0 saturated carbocycles. The molecule has 0 saturated heterocycles. The summed E-state index contributed by atoms with van der Waals surface area (Å²) in [5.41, 5.74) is 19.4. The number of nitrogens with zero attached hydrogens (tertiary/aromatic N) is 5. The lowest BCUT2D eigenvalue weighted by molar-refractivity contribution is -0.712. The number of benzene rings is 2. The zero-order valence-corrected chi connectivity index (χ0v) is 19.8. The van der Waals surface area contributed by atoms with Gasteiger partial charge in [0.15, 0.2) is 12.5 Å². The smallest absolute Gasteiger partial charge is 0.285 e. The van der Waals surface area contributed by atoms with Crippen LogP contribution in [0.1, 0.15) is 16.8 Å². The molecule has 4 aromatic rings. The number of phosphoric acid groups is 1. The molecule has 4 N–H and O–H groups in total. The van der Waals surface area contributed by atoms with Crippen molar-refractivity contribution in [3.05, 3.63) is 100 Å². The van der Waals surface area contributed by atoms with Crippen LogP contribution in [0.3, 0.4) is 0 Å². The van der Waals surface area contributed by atoms with E-state index in [1.54, 1.807) is 30.3 Å². The number of nitrogen functional groups attached to an aromatic ring is 1. The Morgan fingerprint density at radius 1 is 1.19 bits per heavy atom. The maximum Gasteiger partial charge on any atom is 0.285 e. The molecule has 1 unspecified atom stereocenters. The third kappa shape index (κ3) is 6.70. The van der Waals surface area contributed by atoms with Crippen molar-refractivity contribution in [2.24, 2.45) is 5.11 Å². The summed E-state index contributed by atoms with van der Waals surface area (Å²) in [6, 6.07) is 20.3. The van der Waals surface area contributed by atoms with Crippen LogP contribution in [0.4, 0.5) is 17.2 Å². The summed E-state index contributed by atoms with van der Waals surface area (Å²) in [7, 11) is -4.88. The van der Waals surface area contributed by atoms with Crippen molar-refractivity contribution in [2.45, 2.75) is 19.7 Å². The molecule has 2 heterocycles. The average molecular weight is 507 g/mol. The van der Waals surface area contributed by atoms with Crippen LogP contribution < -0.4 is 20.5 Å². The predicted molar refractivity (Wildman–Crippen MR) is 129 cm³/mol. The Kier molecular flexibility index (Phi) is 7.65. The number of hydrogen-bond acceptors (Lipinski definition) is 8. The molecule has 0 aliphatic heterocycles. The Balaban J connectivity index is 1.38. The zero-order valence-electron chi connectivity index (χ0n) is 18.9. The fraction of sp³-hybridized carbons (Fsp3) is 0.130. The topological polar surface area (TPSA) is 186 Å². The Hall–Kier alpha value is -4.18. The number of azide groups is 1. The highest BCUT2D eigenvalue weighted by molar-refractivity contribution is 7.44. The second-order valence-electron chi connectivity index (χ2n) is 7.77. The van der Waals surface area contributed by atoms with Gasteiger partial charge in [0.25, 0.3) is 13.6 Å². The van der Waals surface area contributed by atoms with Crippen LogP contribution in [0.2, 0.25) is 0 Å². The number of phosphoric ester groups is 1. The zero-order chi connectivity index (χ0) is 25.5. The van der Waals surface area contributed by atoms with Gasteiger partial charge in [0.1, 0.15) is 5.56 Å². The van der Waals surface area contributed by atoms with Crippen LogP contribution in [0.25, 0.3) is 21.8 Å². The van der Waals surface area contributed by atoms with Crippen LogP contribution in [0.5, 0.6) is 0 Å². The van der Waals surface area contributed by atoms with Gasteiger partial charge in [-0.15, -0.1) is 0 Å². The van der Waals surface area contributed by atoms with Crippen LogP contribution in [0.15, 0.2) is 82.6 Å². The maximum absolute atomic E-state index is 10.9. The van der Waals surface area contributed by atoms with E-state index in [1.807, 2.05) is 36.4 Å². The predicted octanol–water partition coefficient (Wildman–Crippen LogP) is 3.79. The van der Waals surface area contributed by atoms with Crippen molar-refractivity contribution in [1.29, 1.82) is 0 Å². The molecule has 36 heavy (non-hydrogen) atoms. The number of nitrogens with one attached hydrogen (secondary N) is 1. The molecule has 1 atom stereocenters. The van der Waals surface area contributed by atoms with Gasteiger partial charge < -0.3 is 19.6 Å². The van der Waals surface area contributed by atoms with E-state index >= 15 is 0 Å². The summed E-state index contributed by atoms with van der Waals surface area (Å²) in [4.78, 5) is 22.5. The normalized spacial score (nSPS) is 12.5. The summed E-state index contributed by atoms with van der Waals surface area (Å²) < 4.78 is 22.0. The quantitative estimate of drug-likeness (QED) is 0.0950. The molecule has 0 aliphatic rings. The molecule has 0 aliphatic carbocycles. The van der Waals surface area contributed by atoms with Gasteiger partial charge >= 0.3 is 0 Å². The summed E-state index contributed by atoms with van der Waals surface area (Å²) in [6.45, 7) is 0.127. The lowest BCUT2D eigenvalue weighted by Gasteiger charge is -2.14. The minimum Gasteiger partial charge on any atom is -0.756 e. The summed E-state index contributed by atoms with van der Waals surface area (Å²) in [5, 5.41) is 11.0. The minimum atomic E-state index is -4.88. The third-order valence-corrected chi connectivity index (χ3v) is 5.65. The van der Waals surface area contributed by atoms with Crippen molar-refractivity contribution in [3.63, 3.8) is 0 Å². The second-order valence-corrected chi connectivity index (χ2v) is 8.97. The van der Waals surface area contributed by atoms with Crippen LogP contribution in [-0.4, -0.2) is 10.1 Å². The van der Waals surface area contributed by atoms with Gasteiger partial charge in [-0.1, -0.05) is 46.7 Å². The highest BCUT2D eigenvalue weighted by Gasteiger charge is 2.18. The molecule has 0 radical (unpaired) electrons. The Bertz CT molecular complexity index is 1450. The van der Waals surface area contributed by atoms with E-state index in [2.05, 4.69) is 25.0 Å². The van der Waals surface area contributed by atoms with E-state index < -0.39 is 14.6 Å². The molecule has 0 spiro atoms. The Morgan fingerprint density at radius 2 is 1.97 bits per heavy atom. The lowest BCUT2D eigenvalue weighted by atomic mass is 10.1. The van der Waals surface area contributed by atoms with Gasteiger partial charge in [0, 0.05) is 35.3 Å². The molecule has 12 nitrogen and oxygen atoms in total. The molecule has 2 aromatic carbocycles. The first-order valence-electron chi connectivity index (χ1n) is 10.7. The lowest BCUT2D eigenvalue weighted by Crippen LogP contribution is -2.38. The number of rotatable bonds is 10. The van der Waals surface area contributed by atoms with Crippen LogP contribution in [-0.2, 0) is 28.8 Å². The summed E-state index contributed by atoms with van der Waals surface area (Å²) in [5.74, 6) is 0.602. The van der Waals surface area contributed by atoms with Gasteiger partial charge in [-0.05, 0) is 40.9 Å².